The second kappa shape index (κ2) is 8.21. The number of rotatable bonds is 4. The summed E-state index contributed by atoms with van der Waals surface area (Å²) in [6.45, 7) is 3.14. The number of fused-ring (bicyclic) bond motifs is 2. The molecule has 3 aromatic rings. The number of hydrogen-bond acceptors (Lipinski definition) is 5. The zero-order valence-electron chi connectivity index (χ0n) is 16.8. The van der Waals surface area contributed by atoms with Gasteiger partial charge in [-0.1, -0.05) is 45.8 Å². The van der Waals surface area contributed by atoms with Crippen LogP contribution in [0.4, 0.5) is 0 Å². The van der Waals surface area contributed by atoms with Crippen LogP contribution in [0.25, 0.3) is 6.08 Å². The molecule has 0 unspecified atom stereocenters. The van der Waals surface area contributed by atoms with Gasteiger partial charge in [0.25, 0.3) is 0 Å². The van der Waals surface area contributed by atoms with Gasteiger partial charge < -0.3 is 18.9 Å². The maximum absolute atomic E-state index is 12.9. The highest BCUT2D eigenvalue weighted by Crippen LogP contribution is 2.38. The topological polar surface area (TPSA) is 54.0 Å². The van der Waals surface area contributed by atoms with Gasteiger partial charge in [-0.3, -0.25) is 4.79 Å². The average molecular weight is 479 g/mol. The standard InChI is InChI=1S/C25H19BrO5/c1-15-2-4-16(5-3-15)12-29-20-6-7-21-22(11-20)31-23(24(21)27)10-17-8-19(26)9-18-13-28-14-30-25(17)18/h2-11H,12-14H2,1H3. The molecule has 5 rings (SSSR count). The number of carbonyl (C=O) groups is 1. The number of ether oxygens (including phenoxy) is 4. The fourth-order valence-corrected chi connectivity index (χ4v) is 4.09. The van der Waals surface area contributed by atoms with Crippen LogP contribution in [0.1, 0.15) is 32.6 Å². The second-order valence-electron chi connectivity index (χ2n) is 7.47. The van der Waals surface area contributed by atoms with Gasteiger partial charge in [0.15, 0.2) is 12.6 Å². The van der Waals surface area contributed by atoms with Crippen LogP contribution in [0.15, 0.2) is 64.8 Å². The third-order valence-electron chi connectivity index (χ3n) is 5.16. The van der Waals surface area contributed by atoms with Crippen molar-refractivity contribution in [1.82, 2.24) is 0 Å². The lowest BCUT2D eigenvalue weighted by molar-refractivity contribution is -0.0165. The van der Waals surface area contributed by atoms with Gasteiger partial charge in [-0.25, -0.2) is 0 Å². The van der Waals surface area contributed by atoms with Crippen molar-refractivity contribution in [3.05, 3.63) is 92.6 Å². The van der Waals surface area contributed by atoms with E-state index in [4.69, 9.17) is 18.9 Å². The largest absolute Gasteiger partial charge is 0.489 e. The fraction of sp³-hybridized carbons (Fsp3) is 0.160. The minimum atomic E-state index is -0.166. The highest BCUT2D eigenvalue weighted by atomic mass is 79.9. The highest BCUT2D eigenvalue weighted by molar-refractivity contribution is 9.10. The van der Waals surface area contributed by atoms with Gasteiger partial charge in [0.2, 0.25) is 5.78 Å². The van der Waals surface area contributed by atoms with Crippen molar-refractivity contribution in [2.75, 3.05) is 6.79 Å². The van der Waals surface area contributed by atoms with E-state index in [1.54, 1.807) is 24.3 Å². The van der Waals surface area contributed by atoms with Crippen molar-refractivity contribution in [1.29, 1.82) is 0 Å². The molecule has 0 spiro atoms. The number of carbonyl (C=O) groups excluding carboxylic acids is 1. The van der Waals surface area contributed by atoms with Gasteiger partial charge in [-0.05, 0) is 42.8 Å². The van der Waals surface area contributed by atoms with Gasteiger partial charge in [-0.15, -0.1) is 0 Å². The summed E-state index contributed by atoms with van der Waals surface area (Å²) in [5.74, 6) is 1.93. The normalized spacial score (nSPS) is 15.8. The van der Waals surface area contributed by atoms with Crippen LogP contribution in [0.3, 0.4) is 0 Å². The Hall–Kier alpha value is -3.09. The van der Waals surface area contributed by atoms with E-state index in [1.165, 1.54) is 5.56 Å². The monoisotopic (exact) mass is 478 g/mol. The molecule has 2 aliphatic heterocycles. The Morgan fingerprint density at radius 3 is 2.77 bits per heavy atom. The van der Waals surface area contributed by atoms with Crippen molar-refractivity contribution in [2.45, 2.75) is 20.1 Å². The predicted octanol–water partition coefficient (Wildman–Crippen LogP) is 5.82. The Balaban J connectivity index is 1.38. The van der Waals surface area contributed by atoms with Crippen LogP contribution < -0.4 is 14.2 Å². The maximum Gasteiger partial charge on any atom is 0.231 e. The Kier molecular flexibility index (Phi) is 5.26. The summed E-state index contributed by atoms with van der Waals surface area (Å²) in [7, 11) is 0. The zero-order chi connectivity index (χ0) is 21.4. The van der Waals surface area contributed by atoms with E-state index in [-0.39, 0.29) is 18.3 Å². The Labute approximate surface area is 188 Å². The van der Waals surface area contributed by atoms with Gasteiger partial charge in [0, 0.05) is 21.7 Å². The molecule has 0 fully saturated rings. The lowest BCUT2D eigenvalue weighted by Crippen LogP contribution is -2.12. The highest BCUT2D eigenvalue weighted by Gasteiger charge is 2.28. The number of benzene rings is 3. The molecule has 0 atom stereocenters. The van der Waals surface area contributed by atoms with E-state index < -0.39 is 0 Å². The zero-order valence-corrected chi connectivity index (χ0v) is 18.4. The van der Waals surface area contributed by atoms with Gasteiger partial charge in [0.1, 0.15) is 23.9 Å². The molecule has 6 heteroatoms. The molecule has 0 bridgehead atoms. The number of Topliss-reactive ketones (excluding diaryl/α,β-unsaturated/α-hetero) is 1. The third kappa shape index (κ3) is 4.09. The molecule has 5 nitrogen and oxygen atoms in total. The Bertz CT molecular complexity index is 1200. The van der Waals surface area contributed by atoms with Crippen molar-refractivity contribution in [2.24, 2.45) is 0 Å². The predicted molar refractivity (Wildman–Crippen MR) is 119 cm³/mol. The summed E-state index contributed by atoms with van der Waals surface area (Å²) < 4.78 is 23.7. The molecule has 2 heterocycles. The first-order valence-corrected chi connectivity index (χ1v) is 10.7. The summed E-state index contributed by atoms with van der Waals surface area (Å²) >= 11 is 3.50. The van der Waals surface area contributed by atoms with Crippen LogP contribution >= 0.6 is 15.9 Å². The van der Waals surface area contributed by atoms with Crippen LogP contribution in [0.2, 0.25) is 0 Å². The van der Waals surface area contributed by atoms with Gasteiger partial charge in [-0.2, -0.15) is 0 Å². The SMILES string of the molecule is Cc1ccc(COc2ccc3c(c2)OC(=Cc2cc(Br)cc4c2OCOC4)C3=O)cc1. The number of hydrogen-bond donors (Lipinski definition) is 0. The van der Waals surface area contributed by atoms with E-state index in [0.29, 0.717) is 36.0 Å². The minimum absolute atomic E-state index is 0.166. The van der Waals surface area contributed by atoms with E-state index >= 15 is 0 Å². The molecule has 3 aromatic carbocycles. The molecule has 0 amide bonds. The summed E-state index contributed by atoms with van der Waals surface area (Å²) in [5, 5.41) is 0. The Morgan fingerprint density at radius 1 is 1.10 bits per heavy atom. The molecule has 0 radical (unpaired) electrons. The molecule has 156 valence electrons. The van der Waals surface area contributed by atoms with Gasteiger partial charge in [0.05, 0.1) is 12.2 Å². The lowest BCUT2D eigenvalue weighted by Gasteiger charge is -2.20. The summed E-state index contributed by atoms with van der Waals surface area (Å²) in [6, 6.07) is 17.3. The van der Waals surface area contributed by atoms with E-state index in [9.17, 15) is 4.79 Å². The molecule has 0 aliphatic carbocycles. The van der Waals surface area contributed by atoms with Crippen molar-refractivity contribution in [3.63, 3.8) is 0 Å². The van der Waals surface area contributed by atoms with E-state index in [1.807, 2.05) is 24.3 Å². The quantitative estimate of drug-likeness (QED) is 0.442. The van der Waals surface area contributed by atoms with Crippen LogP contribution in [0, 0.1) is 6.92 Å². The van der Waals surface area contributed by atoms with Crippen molar-refractivity contribution >= 4 is 27.8 Å². The number of halogens is 1. The number of ketones is 1. The van der Waals surface area contributed by atoms with Crippen LogP contribution in [0.5, 0.6) is 17.2 Å². The minimum Gasteiger partial charge on any atom is -0.489 e. The summed E-state index contributed by atoms with van der Waals surface area (Å²) in [4.78, 5) is 12.9. The number of allylic oxidation sites excluding steroid dienone is 1. The first-order chi connectivity index (χ1) is 15.1. The fourth-order valence-electron chi connectivity index (χ4n) is 3.57. The van der Waals surface area contributed by atoms with Gasteiger partial charge >= 0.3 is 0 Å². The average Bonchev–Trinajstić information content (AvgIpc) is 3.08. The Morgan fingerprint density at radius 2 is 1.94 bits per heavy atom. The smallest absolute Gasteiger partial charge is 0.231 e. The van der Waals surface area contributed by atoms with Crippen molar-refractivity contribution < 1.29 is 23.7 Å². The van der Waals surface area contributed by atoms with E-state index in [0.717, 1.165) is 21.2 Å². The second-order valence-corrected chi connectivity index (χ2v) is 8.38. The molecule has 0 aromatic heterocycles. The molecule has 31 heavy (non-hydrogen) atoms. The molecule has 0 saturated heterocycles. The van der Waals surface area contributed by atoms with E-state index in [2.05, 4.69) is 35.0 Å². The third-order valence-corrected chi connectivity index (χ3v) is 5.62. The lowest BCUT2D eigenvalue weighted by atomic mass is 10.1. The molecular weight excluding hydrogens is 460 g/mol. The molecule has 2 aliphatic rings. The summed E-state index contributed by atoms with van der Waals surface area (Å²) in [5.41, 5.74) is 4.48. The molecule has 0 saturated carbocycles. The summed E-state index contributed by atoms with van der Waals surface area (Å²) in [6.07, 6.45) is 1.71. The van der Waals surface area contributed by atoms with Crippen LogP contribution in [-0.4, -0.2) is 12.6 Å². The van der Waals surface area contributed by atoms with Crippen molar-refractivity contribution in [3.8, 4) is 17.2 Å². The molecule has 0 N–H and O–H groups in total. The first-order valence-electron chi connectivity index (χ1n) is 9.86. The van der Waals surface area contributed by atoms with Crippen LogP contribution in [-0.2, 0) is 18.0 Å². The number of aryl methyl sites for hydroxylation is 1. The first kappa shape index (κ1) is 19.8. The molecular formula is C25H19BrO5. The maximum atomic E-state index is 12.9.